The van der Waals surface area contributed by atoms with Gasteiger partial charge in [-0.2, -0.15) is 0 Å². The van der Waals surface area contributed by atoms with E-state index in [9.17, 15) is 4.79 Å². The Morgan fingerprint density at radius 2 is 1.75 bits per heavy atom. The Balaban J connectivity index is 1.28. The van der Waals surface area contributed by atoms with Gasteiger partial charge in [-0.15, -0.1) is 0 Å². The van der Waals surface area contributed by atoms with E-state index in [2.05, 4.69) is 27.0 Å². The molecule has 2 aliphatic rings. The Morgan fingerprint density at radius 1 is 1.00 bits per heavy atom. The minimum absolute atomic E-state index is 0.111. The third-order valence-electron chi connectivity index (χ3n) is 5.26. The smallest absolute Gasteiger partial charge is 0.255 e. The molecule has 0 saturated carbocycles. The standard InChI is InChI=1S/C19H22N4O/c24-19(16-2-1-7-21-12-16)22-10-5-18(6-11-22)23-13-17(14-23)15-3-8-20-9-4-15/h1-4,7-9,12,17-18H,5-6,10-11,13-14H2. The normalized spacial score (nSPS) is 19.9. The molecule has 2 saturated heterocycles. The van der Waals surface area contributed by atoms with Crippen LogP contribution in [0.5, 0.6) is 0 Å². The second-order valence-corrected chi connectivity index (χ2v) is 6.70. The molecule has 5 heteroatoms. The monoisotopic (exact) mass is 322 g/mol. The molecule has 1 amide bonds. The average Bonchev–Trinajstić information content (AvgIpc) is 2.62. The highest BCUT2D eigenvalue weighted by Crippen LogP contribution is 2.31. The molecule has 0 radical (unpaired) electrons. The quantitative estimate of drug-likeness (QED) is 0.869. The number of hydrogen-bond donors (Lipinski definition) is 0. The van der Waals surface area contributed by atoms with Gasteiger partial charge in [0, 0.05) is 62.9 Å². The number of pyridine rings is 2. The zero-order valence-corrected chi connectivity index (χ0v) is 13.7. The molecule has 0 aromatic carbocycles. The number of hydrogen-bond acceptors (Lipinski definition) is 4. The highest BCUT2D eigenvalue weighted by Gasteiger charge is 2.35. The molecule has 2 aromatic heterocycles. The molecule has 2 aliphatic heterocycles. The first-order chi connectivity index (χ1) is 11.8. The summed E-state index contributed by atoms with van der Waals surface area (Å²) in [6.07, 6.45) is 9.24. The Labute approximate surface area is 142 Å². The summed E-state index contributed by atoms with van der Waals surface area (Å²) >= 11 is 0. The number of nitrogens with zero attached hydrogens (tertiary/aromatic N) is 4. The lowest BCUT2D eigenvalue weighted by Gasteiger charge is -2.47. The van der Waals surface area contributed by atoms with Gasteiger partial charge in [-0.3, -0.25) is 19.7 Å². The molecule has 0 atom stereocenters. The molecule has 0 aliphatic carbocycles. The van der Waals surface area contributed by atoms with Crippen molar-refractivity contribution in [2.45, 2.75) is 24.8 Å². The predicted molar refractivity (Wildman–Crippen MR) is 91.7 cm³/mol. The molecular formula is C19H22N4O. The molecule has 4 heterocycles. The van der Waals surface area contributed by atoms with E-state index in [4.69, 9.17) is 0 Å². The van der Waals surface area contributed by atoms with Crippen LogP contribution in [-0.4, -0.2) is 57.9 Å². The first-order valence-electron chi connectivity index (χ1n) is 8.64. The Hall–Kier alpha value is -2.27. The van der Waals surface area contributed by atoms with Gasteiger partial charge < -0.3 is 4.90 Å². The van der Waals surface area contributed by atoms with Gasteiger partial charge in [0.05, 0.1) is 5.56 Å². The molecule has 0 N–H and O–H groups in total. The minimum Gasteiger partial charge on any atom is -0.338 e. The zero-order chi connectivity index (χ0) is 16.4. The molecule has 24 heavy (non-hydrogen) atoms. The van der Waals surface area contributed by atoms with Crippen molar-refractivity contribution >= 4 is 5.91 Å². The van der Waals surface area contributed by atoms with Crippen molar-refractivity contribution in [2.24, 2.45) is 0 Å². The molecule has 0 bridgehead atoms. The third kappa shape index (κ3) is 3.04. The van der Waals surface area contributed by atoms with E-state index in [-0.39, 0.29) is 5.91 Å². The predicted octanol–water partition coefficient (Wildman–Crippen LogP) is 2.18. The van der Waals surface area contributed by atoms with Crippen LogP contribution in [0.1, 0.15) is 34.7 Å². The van der Waals surface area contributed by atoms with E-state index in [0.29, 0.717) is 17.5 Å². The van der Waals surface area contributed by atoms with Gasteiger partial charge >= 0.3 is 0 Å². The molecule has 5 nitrogen and oxygen atoms in total. The lowest BCUT2D eigenvalue weighted by atomic mass is 9.88. The Morgan fingerprint density at radius 3 is 2.42 bits per heavy atom. The van der Waals surface area contributed by atoms with Crippen LogP contribution >= 0.6 is 0 Å². The van der Waals surface area contributed by atoms with Crippen LogP contribution in [-0.2, 0) is 0 Å². The summed E-state index contributed by atoms with van der Waals surface area (Å²) in [5.74, 6) is 0.753. The summed E-state index contributed by atoms with van der Waals surface area (Å²) < 4.78 is 0. The van der Waals surface area contributed by atoms with Crippen molar-refractivity contribution in [1.82, 2.24) is 19.8 Å². The maximum atomic E-state index is 12.5. The van der Waals surface area contributed by atoms with Crippen LogP contribution < -0.4 is 0 Å². The van der Waals surface area contributed by atoms with Gasteiger partial charge in [0.2, 0.25) is 0 Å². The van der Waals surface area contributed by atoms with E-state index in [0.717, 1.165) is 39.0 Å². The zero-order valence-electron chi connectivity index (χ0n) is 13.7. The lowest BCUT2D eigenvalue weighted by Crippen LogP contribution is -2.54. The summed E-state index contributed by atoms with van der Waals surface area (Å²) in [6.45, 7) is 3.94. The summed E-state index contributed by atoms with van der Waals surface area (Å²) in [4.78, 5) is 25.1. The van der Waals surface area contributed by atoms with Crippen LogP contribution in [0.3, 0.4) is 0 Å². The van der Waals surface area contributed by atoms with E-state index in [1.165, 1.54) is 5.56 Å². The van der Waals surface area contributed by atoms with Gasteiger partial charge in [0.25, 0.3) is 5.91 Å². The largest absolute Gasteiger partial charge is 0.338 e. The second-order valence-electron chi connectivity index (χ2n) is 6.70. The molecule has 2 fully saturated rings. The Bertz CT molecular complexity index is 677. The molecule has 2 aromatic rings. The number of carbonyl (C=O) groups excluding carboxylic acids is 1. The average molecular weight is 322 g/mol. The fourth-order valence-electron chi connectivity index (χ4n) is 3.76. The van der Waals surface area contributed by atoms with Crippen molar-refractivity contribution < 1.29 is 4.79 Å². The number of rotatable bonds is 3. The first kappa shape index (κ1) is 15.3. The van der Waals surface area contributed by atoms with Gasteiger partial charge in [0.15, 0.2) is 0 Å². The summed E-state index contributed by atoms with van der Waals surface area (Å²) in [6, 6.07) is 8.52. The van der Waals surface area contributed by atoms with E-state index >= 15 is 0 Å². The maximum Gasteiger partial charge on any atom is 0.255 e. The minimum atomic E-state index is 0.111. The highest BCUT2D eigenvalue weighted by molar-refractivity contribution is 5.93. The fourth-order valence-corrected chi connectivity index (χ4v) is 3.76. The van der Waals surface area contributed by atoms with Crippen LogP contribution in [0.15, 0.2) is 49.1 Å². The maximum absolute atomic E-state index is 12.5. The van der Waals surface area contributed by atoms with Crippen LogP contribution in [0.4, 0.5) is 0 Å². The van der Waals surface area contributed by atoms with Crippen LogP contribution in [0.2, 0.25) is 0 Å². The Kier molecular flexibility index (Phi) is 4.26. The van der Waals surface area contributed by atoms with E-state index < -0.39 is 0 Å². The van der Waals surface area contributed by atoms with Crippen LogP contribution in [0, 0.1) is 0 Å². The third-order valence-corrected chi connectivity index (χ3v) is 5.26. The van der Waals surface area contributed by atoms with Crippen LogP contribution in [0.25, 0.3) is 0 Å². The number of likely N-dealkylation sites (tertiary alicyclic amines) is 2. The SMILES string of the molecule is O=C(c1cccnc1)N1CCC(N2CC(c3ccncc3)C2)CC1. The molecular weight excluding hydrogens is 300 g/mol. The molecule has 124 valence electrons. The lowest BCUT2D eigenvalue weighted by molar-refractivity contribution is 0.0396. The van der Waals surface area contributed by atoms with E-state index in [1.54, 1.807) is 12.4 Å². The number of amides is 1. The molecule has 4 rings (SSSR count). The topological polar surface area (TPSA) is 49.3 Å². The first-order valence-corrected chi connectivity index (χ1v) is 8.64. The van der Waals surface area contributed by atoms with Crippen molar-refractivity contribution in [1.29, 1.82) is 0 Å². The molecule has 0 unspecified atom stereocenters. The van der Waals surface area contributed by atoms with Gasteiger partial charge in [-0.05, 0) is 42.7 Å². The number of piperidine rings is 1. The van der Waals surface area contributed by atoms with Gasteiger partial charge in [-0.1, -0.05) is 0 Å². The molecule has 0 spiro atoms. The fraction of sp³-hybridized carbons (Fsp3) is 0.421. The van der Waals surface area contributed by atoms with Crippen molar-refractivity contribution in [3.05, 3.63) is 60.2 Å². The van der Waals surface area contributed by atoms with E-state index in [1.807, 2.05) is 29.4 Å². The summed E-state index contributed by atoms with van der Waals surface area (Å²) in [5.41, 5.74) is 2.09. The van der Waals surface area contributed by atoms with Crippen molar-refractivity contribution in [3.63, 3.8) is 0 Å². The summed E-state index contributed by atoms with van der Waals surface area (Å²) in [7, 11) is 0. The van der Waals surface area contributed by atoms with Gasteiger partial charge in [-0.25, -0.2) is 0 Å². The number of aromatic nitrogens is 2. The van der Waals surface area contributed by atoms with Crippen molar-refractivity contribution in [2.75, 3.05) is 26.2 Å². The van der Waals surface area contributed by atoms with Gasteiger partial charge in [0.1, 0.15) is 0 Å². The van der Waals surface area contributed by atoms with Crippen molar-refractivity contribution in [3.8, 4) is 0 Å². The summed E-state index contributed by atoms with van der Waals surface area (Å²) in [5, 5.41) is 0. The second kappa shape index (κ2) is 6.69. The highest BCUT2D eigenvalue weighted by atomic mass is 16.2. The number of carbonyl (C=O) groups is 1.